The fourth-order valence-corrected chi connectivity index (χ4v) is 2.12. The predicted molar refractivity (Wildman–Crippen MR) is 70.5 cm³/mol. The second kappa shape index (κ2) is 5.40. The van der Waals surface area contributed by atoms with Crippen LogP contribution in [0.4, 0.5) is 13.2 Å². The molecule has 0 saturated heterocycles. The summed E-state index contributed by atoms with van der Waals surface area (Å²) in [7, 11) is 0. The van der Waals surface area contributed by atoms with E-state index in [2.05, 4.69) is 21.0 Å². The van der Waals surface area contributed by atoms with Crippen LogP contribution >= 0.6 is 15.9 Å². The zero-order valence-electron chi connectivity index (χ0n) is 10.4. The van der Waals surface area contributed by atoms with Gasteiger partial charge in [0, 0.05) is 22.8 Å². The van der Waals surface area contributed by atoms with Crippen molar-refractivity contribution >= 4 is 21.7 Å². The van der Waals surface area contributed by atoms with Crippen molar-refractivity contribution in [1.29, 1.82) is 0 Å². The van der Waals surface area contributed by atoms with Crippen molar-refractivity contribution < 1.29 is 18.0 Å². The molecule has 0 spiro atoms. The molecule has 0 N–H and O–H groups in total. The maximum Gasteiger partial charge on any atom is 0.417 e. The number of rotatable bonds is 3. The molecular weight excluding hydrogens is 337 g/mol. The van der Waals surface area contributed by atoms with E-state index in [1.54, 1.807) is 0 Å². The Balaban J connectivity index is 2.49. The van der Waals surface area contributed by atoms with Gasteiger partial charge in [0.1, 0.15) is 0 Å². The molecule has 0 aliphatic carbocycles. The number of nitrogens with zero attached hydrogens (tertiary/aromatic N) is 2. The molecule has 0 bridgehead atoms. The lowest BCUT2D eigenvalue weighted by molar-refractivity contribution is -0.137. The SMILES string of the molecule is CCn1cc(C(=O)c2ccc(Br)cc2C(F)(F)F)cn1. The molecule has 2 rings (SSSR count). The third-order valence-corrected chi connectivity index (χ3v) is 3.24. The summed E-state index contributed by atoms with van der Waals surface area (Å²) in [6.07, 6.45) is -1.88. The van der Waals surface area contributed by atoms with Crippen molar-refractivity contribution in [3.05, 3.63) is 51.8 Å². The molecule has 20 heavy (non-hydrogen) atoms. The van der Waals surface area contributed by atoms with Gasteiger partial charge in [-0.15, -0.1) is 0 Å². The summed E-state index contributed by atoms with van der Waals surface area (Å²) in [4.78, 5) is 12.2. The van der Waals surface area contributed by atoms with Crippen LogP contribution in [0.1, 0.15) is 28.4 Å². The lowest BCUT2D eigenvalue weighted by Crippen LogP contribution is -2.13. The molecule has 0 fully saturated rings. The molecule has 1 heterocycles. The topological polar surface area (TPSA) is 34.9 Å². The van der Waals surface area contributed by atoms with Crippen LogP contribution in [-0.2, 0) is 12.7 Å². The van der Waals surface area contributed by atoms with Crippen LogP contribution in [0.15, 0.2) is 35.1 Å². The lowest BCUT2D eigenvalue weighted by Gasteiger charge is -2.11. The third kappa shape index (κ3) is 2.92. The van der Waals surface area contributed by atoms with Gasteiger partial charge < -0.3 is 0 Å². The van der Waals surface area contributed by atoms with E-state index in [4.69, 9.17) is 0 Å². The van der Waals surface area contributed by atoms with Gasteiger partial charge in [0.25, 0.3) is 0 Å². The van der Waals surface area contributed by atoms with E-state index >= 15 is 0 Å². The standard InChI is InChI=1S/C13H10BrF3N2O/c1-2-19-7-8(6-18-19)12(20)10-4-3-9(14)5-11(10)13(15,16)17/h3-7H,2H2,1H3. The number of alkyl halides is 3. The Labute approximate surface area is 121 Å². The molecular formula is C13H10BrF3N2O. The minimum absolute atomic E-state index is 0.139. The second-order valence-corrected chi connectivity index (χ2v) is 5.02. The molecule has 0 saturated carbocycles. The maximum atomic E-state index is 13.0. The zero-order valence-corrected chi connectivity index (χ0v) is 12.0. The van der Waals surface area contributed by atoms with E-state index in [1.807, 2.05) is 6.92 Å². The largest absolute Gasteiger partial charge is 0.417 e. The van der Waals surface area contributed by atoms with Crippen molar-refractivity contribution in [3.8, 4) is 0 Å². The second-order valence-electron chi connectivity index (χ2n) is 4.10. The monoisotopic (exact) mass is 346 g/mol. The highest BCUT2D eigenvalue weighted by atomic mass is 79.9. The molecule has 1 aromatic carbocycles. The fourth-order valence-electron chi connectivity index (χ4n) is 1.76. The van der Waals surface area contributed by atoms with Gasteiger partial charge in [-0.05, 0) is 25.1 Å². The van der Waals surface area contributed by atoms with Gasteiger partial charge in [0.05, 0.1) is 17.3 Å². The average Bonchev–Trinajstić information content (AvgIpc) is 2.85. The van der Waals surface area contributed by atoms with E-state index in [0.29, 0.717) is 6.54 Å². The Morgan fingerprint density at radius 1 is 1.40 bits per heavy atom. The summed E-state index contributed by atoms with van der Waals surface area (Å²) in [6.45, 7) is 2.36. The number of hydrogen-bond donors (Lipinski definition) is 0. The van der Waals surface area contributed by atoms with Gasteiger partial charge in [-0.1, -0.05) is 15.9 Å². The van der Waals surface area contributed by atoms with Gasteiger partial charge in [-0.25, -0.2) is 0 Å². The Bertz CT molecular complexity index is 649. The molecule has 0 aliphatic rings. The van der Waals surface area contributed by atoms with Crippen LogP contribution in [0.25, 0.3) is 0 Å². The van der Waals surface area contributed by atoms with Crippen molar-refractivity contribution in [1.82, 2.24) is 9.78 Å². The van der Waals surface area contributed by atoms with E-state index in [9.17, 15) is 18.0 Å². The molecule has 106 valence electrons. The Kier molecular flexibility index (Phi) is 3.99. The highest BCUT2D eigenvalue weighted by Gasteiger charge is 2.35. The summed E-state index contributed by atoms with van der Waals surface area (Å²) in [5.41, 5.74) is -1.20. The first-order valence-electron chi connectivity index (χ1n) is 5.77. The number of carbonyl (C=O) groups is 1. The van der Waals surface area contributed by atoms with Crippen LogP contribution in [0.2, 0.25) is 0 Å². The number of aromatic nitrogens is 2. The number of hydrogen-bond acceptors (Lipinski definition) is 2. The van der Waals surface area contributed by atoms with Crippen LogP contribution in [-0.4, -0.2) is 15.6 Å². The average molecular weight is 347 g/mol. The highest BCUT2D eigenvalue weighted by molar-refractivity contribution is 9.10. The zero-order chi connectivity index (χ0) is 14.9. The molecule has 1 aromatic heterocycles. The minimum atomic E-state index is -4.59. The Morgan fingerprint density at radius 2 is 2.10 bits per heavy atom. The van der Waals surface area contributed by atoms with Gasteiger partial charge >= 0.3 is 6.18 Å². The van der Waals surface area contributed by atoms with Crippen molar-refractivity contribution in [2.45, 2.75) is 19.6 Å². The molecule has 0 amide bonds. The number of halogens is 4. The molecule has 3 nitrogen and oxygen atoms in total. The molecule has 2 aromatic rings. The molecule has 7 heteroatoms. The minimum Gasteiger partial charge on any atom is -0.288 e. The van der Waals surface area contributed by atoms with Crippen LogP contribution in [0, 0.1) is 0 Å². The van der Waals surface area contributed by atoms with E-state index in [1.165, 1.54) is 29.2 Å². The maximum absolute atomic E-state index is 13.0. The fraction of sp³-hybridized carbons (Fsp3) is 0.231. The first-order chi connectivity index (χ1) is 9.32. The predicted octanol–water partition coefficient (Wildman–Crippen LogP) is 3.92. The number of benzene rings is 1. The Morgan fingerprint density at radius 3 is 2.65 bits per heavy atom. The first-order valence-corrected chi connectivity index (χ1v) is 6.56. The van der Waals surface area contributed by atoms with Crippen LogP contribution < -0.4 is 0 Å². The number of ketones is 1. The smallest absolute Gasteiger partial charge is 0.288 e. The van der Waals surface area contributed by atoms with Crippen molar-refractivity contribution in [2.24, 2.45) is 0 Å². The summed E-state index contributed by atoms with van der Waals surface area (Å²) < 4.78 is 40.7. The highest BCUT2D eigenvalue weighted by Crippen LogP contribution is 2.34. The third-order valence-electron chi connectivity index (χ3n) is 2.75. The normalized spacial score (nSPS) is 11.7. The van der Waals surface area contributed by atoms with Gasteiger partial charge in [0.2, 0.25) is 0 Å². The summed E-state index contributed by atoms with van der Waals surface area (Å²) in [5, 5.41) is 3.90. The van der Waals surface area contributed by atoms with Gasteiger partial charge in [0.15, 0.2) is 5.78 Å². The first kappa shape index (κ1) is 14.8. The lowest BCUT2D eigenvalue weighted by atomic mass is 10.00. The van der Waals surface area contributed by atoms with Gasteiger partial charge in [-0.2, -0.15) is 18.3 Å². The summed E-state index contributed by atoms with van der Waals surface area (Å²) in [5.74, 6) is -0.690. The summed E-state index contributed by atoms with van der Waals surface area (Å²) in [6, 6.07) is 3.47. The number of aryl methyl sites for hydroxylation is 1. The van der Waals surface area contributed by atoms with Gasteiger partial charge in [-0.3, -0.25) is 9.48 Å². The Hall–Kier alpha value is -1.63. The molecule has 0 atom stereocenters. The van der Waals surface area contributed by atoms with Crippen LogP contribution in [0.5, 0.6) is 0 Å². The van der Waals surface area contributed by atoms with Crippen LogP contribution in [0.3, 0.4) is 0 Å². The summed E-state index contributed by atoms with van der Waals surface area (Å²) >= 11 is 2.98. The molecule has 0 radical (unpaired) electrons. The molecule has 0 aliphatic heterocycles. The van der Waals surface area contributed by atoms with E-state index in [-0.39, 0.29) is 15.6 Å². The quantitative estimate of drug-likeness (QED) is 0.789. The molecule has 0 unspecified atom stereocenters. The van der Waals surface area contributed by atoms with E-state index in [0.717, 1.165) is 6.07 Å². The van der Waals surface area contributed by atoms with E-state index < -0.39 is 17.5 Å². The van der Waals surface area contributed by atoms with Crippen molar-refractivity contribution in [2.75, 3.05) is 0 Å². The number of carbonyl (C=O) groups excluding carboxylic acids is 1. The van der Waals surface area contributed by atoms with Crippen molar-refractivity contribution in [3.63, 3.8) is 0 Å².